The minimum atomic E-state index is -0.0794. The smallest absolute Gasteiger partial charge is 0.232 e. The third-order valence-corrected chi connectivity index (χ3v) is 4.66. The molecule has 1 unspecified atom stereocenters. The zero-order chi connectivity index (χ0) is 16.4. The Hall–Kier alpha value is -2.29. The summed E-state index contributed by atoms with van der Waals surface area (Å²) in [7, 11) is 0. The summed E-state index contributed by atoms with van der Waals surface area (Å²) in [6.45, 7) is 8.42. The molecule has 0 aromatic heterocycles. The number of hydrogen-bond acceptors (Lipinski definition) is 2. The first-order valence-corrected chi connectivity index (χ1v) is 8.37. The van der Waals surface area contributed by atoms with Crippen molar-refractivity contribution in [2.75, 3.05) is 23.3 Å². The van der Waals surface area contributed by atoms with E-state index in [1.165, 1.54) is 16.8 Å². The molecule has 0 spiro atoms. The second kappa shape index (κ2) is 6.45. The molecule has 0 fully saturated rings. The van der Waals surface area contributed by atoms with Gasteiger partial charge in [0.15, 0.2) is 0 Å². The maximum atomic E-state index is 12.3. The minimum absolute atomic E-state index is 0.0794. The number of anilines is 2. The van der Waals surface area contributed by atoms with E-state index in [-0.39, 0.29) is 11.8 Å². The number of rotatable bonds is 5. The lowest BCUT2D eigenvalue weighted by atomic mass is 9.92. The molecule has 0 radical (unpaired) electrons. The molecule has 1 N–H and O–H groups in total. The molecule has 1 heterocycles. The van der Waals surface area contributed by atoms with Gasteiger partial charge < -0.3 is 10.2 Å². The molecular formula is C20H24N2O. The van der Waals surface area contributed by atoms with Crippen LogP contribution in [0.25, 0.3) is 0 Å². The highest BCUT2D eigenvalue weighted by atomic mass is 16.2. The Morgan fingerprint density at radius 3 is 2.39 bits per heavy atom. The van der Waals surface area contributed by atoms with Crippen LogP contribution in [0.15, 0.2) is 42.5 Å². The Bertz CT molecular complexity index is 702. The second-order valence-corrected chi connectivity index (χ2v) is 6.18. The predicted octanol–water partition coefficient (Wildman–Crippen LogP) is 4.12. The highest BCUT2D eigenvalue weighted by molar-refractivity contribution is 6.03. The van der Waals surface area contributed by atoms with Crippen LogP contribution < -0.4 is 10.2 Å². The van der Waals surface area contributed by atoms with Crippen molar-refractivity contribution in [3.63, 3.8) is 0 Å². The molecule has 3 nitrogen and oxygen atoms in total. The molecule has 3 heteroatoms. The second-order valence-electron chi connectivity index (χ2n) is 6.18. The lowest BCUT2D eigenvalue weighted by Crippen LogP contribution is -2.21. The van der Waals surface area contributed by atoms with Crippen molar-refractivity contribution >= 4 is 17.3 Å². The van der Waals surface area contributed by atoms with E-state index in [2.05, 4.69) is 61.3 Å². The van der Waals surface area contributed by atoms with Gasteiger partial charge in [0.1, 0.15) is 0 Å². The average Bonchev–Trinajstić information content (AvgIpc) is 2.86. The molecular weight excluding hydrogens is 284 g/mol. The van der Waals surface area contributed by atoms with Gasteiger partial charge in [0.05, 0.1) is 5.92 Å². The number of carbonyl (C=O) groups is 1. The maximum absolute atomic E-state index is 12.3. The van der Waals surface area contributed by atoms with Gasteiger partial charge in [0.2, 0.25) is 5.91 Å². The molecule has 23 heavy (non-hydrogen) atoms. The van der Waals surface area contributed by atoms with Crippen molar-refractivity contribution in [1.82, 2.24) is 0 Å². The van der Waals surface area contributed by atoms with Crippen LogP contribution in [0.3, 0.4) is 0 Å². The summed E-state index contributed by atoms with van der Waals surface area (Å²) in [5.41, 5.74) is 5.73. The van der Waals surface area contributed by atoms with Gasteiger partial charge in [-0.05, 0) is 56.5 Å². The SMILES string of the molecule is CCN(CC)c1ccc(CC2C(=O)Nc3ccc(C)cc32)cc1. The molecule has 0 bridgehead atoms. The normalized spacial score (nSPS) is 16.1. The fourth-order valence-corrected chi connectivity index (χ4v) is 3.32. The number of benzene rings is 2. The molecule has 120 valence electrons. The molecule has 0 saturated carbocycles. The monoisotopic (exact) mass is 308 g/mol. The Balaban J connectivity index is 1.80. The number of nitrogens with zero attached hydrogens (tertiary/aromatic N) is 1. The molecule has 0 aliphatic carbocycles. The lowest BCUT2D eigenvalue weighted by Gasteiger charge is -2.21. The number of nitrogens with one attached hydrogen (secondary N) is 1. The van der Waals surface area contributed by atoms with Crippen LogP contribution in [-0.2, 0) is 11.2 Å². The van der Waals surface area contributed by atoms with E-state index in [4.69, 9.17) is 0 Å². The Morgan fingerprint density at radius 2 is 1.74 bits per heavy atom. The van der Waals surface area contributed by atoms with Crippen molar-refractivity contribution < 1.29 is 4.79 Å². The van der Waals surface area contributed by atoms with E-state index >= 15 is 0 Å². The van der Waals surface area contributed by atoms with Gasteiger partial charge in [-0.1, -0.05) is 29.8 Å². The van der Waals surface area contributed by atoms with E-state index in [1.54, 1.807) is 0 Å². The Labute approximate surface area is 138 Å². The topological polar surface area (TPSA) is 32.3 Å². The van der Waals surface area contributed by atoms with Gasteiger partial charge in [-0.3, -0.25) is 4.79 Å². The van der Waals surface area contributed by atoms with Crippen LogP contribution in [0.1, 0.15) is 36.5 Å². The van der Waals surface area contributed by atoms with Gasteiger partial charge in [-0.25, -0.2) is 0 Å². The van der Waals surface area contributed by atoms with Crippen LogP contribution in [-0.4, -0.2) is 19.0 Å². The van der Waals surface area contributed by atoms with Crippen LogP contribution in [0, 0.1) is 6.92 Å². The quantitative estimate of drug-likeness (QED) is 0.901. The van der Waals surface area contributed by atoms with Crippen LogP contribution in [0.2, 0.25) is 0 Å². The maximum Gasteiger partial charge on any atom is 0.232 e. The lowest BCUT2D eigenvalue weighted by molar-refractivity contribution is -0.117. The van der Waals surface area contributed by atoms with Crippen molar-refractivity contribution in [2.24, 2.45) is 0 Å². The van der Waals surface area contributed by atoms with E-state index in [0.717, 1.165) is 30.8 Å². The molecule has 1 aliphatic rings. The Morgan fingerprint density at radius 1 is 1.04 bits per heavy atom. The fourth-order valence-electron chi connectivity index (χ4n) is 3.32. The summed E-state index contributed by atoms with van der Waals surface area (Å²) in [6, 6.07) is 14.8. The Kier molecular flexibility index (Phi) is 4.37. The van der Waals surface area contributed by atoms with E-state index in [9.17, 15) is 4.79 Å². The predicted molar refractivity (Wildman–Crippen MR) is 96.3 cm³/mol. The number of amides is 1. The van der Waals surface area contributed by atoms with Gasteiger partial charge >= 0.3 is 0 Å². The van der Waals surface area contributed by atoms with E-state index in [0.29, 0.717) is 0 Å². The third-order valence-electron chi connectivity index (χ3n) is 4.66. The van der Waals surface area contributed by atoms with Crippen LogP contribution in [0.4, 0.5) is 11.4 Å². The van der Waals surface area contributed by atoms with Gasteiger partial charge in [-0.2, -0.15) is 0 Å². The molecule has 2 aromatic rings. The first kappa shape index (κ1) is 15.6. The zero-order valence-corrected chi connectivity index (χ0v) is 14.1. The number of fused-ring (bicyclic) bond motifs is 1. The number of carbonyl (C=O) groups excluding carboxylic acids is 1. The first-order valence-electron chi connectivity index (χ1n) is 8.37. The minimum Gasteiger partial charge on any atom is -0.372 e. The zero-order valence-electron chi connectivity index (χ0n) is 14.1. The molecule has 1 amide bonds. The number of aryl methyl sites for hydroxylation is 1. The van der Waals surface area contributed by atoms with Crippen molar-refractivity contribution in [2.45, 2.75) is 33.1 Å². The van der Waals surface area contributed by atoms with Crippen LogP contribution in [0.5, 0.6) is 0 Å². The van der Waals surface area contributed by atoms with E-state index < -0.39 is 0 Å². The van der Waals surface area contributed by atoms with Gasteiger partial charge in [0, 0.05) is 24.5 Å². The van der Waals surface area contributed by atoms with Gasteiger partial charge in [0.25, 0.3) is 0 Å². The molecule has 3 rings (SSSR count). The van der Waals surface area contributed by atoms with Crippen LogP contribution >= 0.6 is 0 Å². The highest BCUT2D eigenvalue weighted by Gasteiger charge is 2.30. The van der Waals surface area contributed by atoms with Crippen molar-refractivity contribution in [3.8, 4) is 0 Å². The summed E-state index contributed by atoms with van der Waals surface area (Å²) in [4.78, 5) is 14.6. The summed E-state index contributed by atoms with van der Waals surface area (Å²) in [6.07, 6.45) is 0.751. The fraction of sp³-hybridized carbons (Fsp3) is 0.350. The standard InChI is InChI=1S/C20H24N2O/c1-4-22(5-2)16-9-7-15(8-10-16)13-18-17-12-14(3)6-11-19(17)21-20(18)23/h6-12,18H,4-5,13H2,1-3H3,(H,21,23). The summed E-state index contributed by atoms with van der Waals surface area (Å²) >= 11 is 0. The highest BCUT2D eigenvalue weighted by Crippen LogP contribution is 2.35. The molecule has 1 atom stereocenters. The largest absolute Gasteiger partial charge is 0.372 e. The summed E-state index contributed by atoms with van der Waals surface area (Å²) in [5.74, 6) is 0.0302. The average molecular weight is 308 g/mol. The first-order chi connectivity index (χ1) is 11.1. The van der Waals surface area contributed by atoms with Gasteiger partial charge in [-0.15, -0.1) is 0 Å². The summed E-state index contributed by atoms with van der Waals surface area (Å²) < 4.78 is 0. The third kappa shape index (κ3) is 3.09. The molecule has 1 aliphatic heterocycles. The molecule has 2 aromatic carbocycles. The van der Waals surface area contributed by atoms with E-state index in [1.807, 2.05) is 12.1 Å². The number of hydrogen-bond donors (Lipinski definition) is 1. The van der Waals surface area contributed by atoms with Crippen molar-refractivity contribution in [3.05, 3.63) is 59.2 Å². The van der Waals surface area contributed by atoms with Crippen molar-refractivity contribution in [1.29, 1.82) is 0 Å². The summed E-state index contributed by atoms with van der Waals surface area (Å²) in [5, 5.41) is 3.00. The molecule has 0 saturated heterocycles.